The van der Waals surface area contributed by atoms with Crippen LogP contribution in [0.15, 0.2) is 42.5 Å². The number of carbonyl (C=O) groups excluding carboxylic acids is 2. The lowest BCUT2D eigenvalue weighted by Gasteiger charge is -2.26. The van der Waals surface area contributed by atoms with Crippen LogP contribution in [-0.4, -0.2) is 35.8 Å². The predicted molar refractivity (Wildman–Crippen MR) is 94.4 cm³/mol. The number of hydrogen-bond donors (Lipinski definition) is 1. The molecule has 1 N–H and O–H groups in total. The van der Waals surface area contributed by atoms with Crippen molar-refractivity contribution in [1.82, 2.24) is 10.2 Å². The van der Waals surface area contributed by atoms with E-state index in [0.717, 1.165) is 50.8 Å². The summed E-state index contributed by atoms with van der Waals surface area (Å²) >= 11 is 0. The Morgan fingerprint density at radius 1 is 1.12 bits per heavy atom. The van der Waals surface area contributed by atoms with Crippen LogP contribution in [0, 0.1) is 5.92 Å². The molecule has 0 aromatic heterocycles. The molecular weight excluding hydrogens is 300 g/mol. The summed E-state index contributed by atoms with van der Waals surface area (Å²) in [4.78, 5) is 27.4. The number of nitrogens with one attached hydrogen (secondary N) is 1. The molecule has 4 heteroatoms. The molecule has 1 fully saturated rings. The number of rotatable bonds is 5. The Kier molecular flexibility index (Phi) is 5.68. The molecule has 1 saturated heterocycles. The molecule has 0 unspecified atom stereocenters. The molecular formula is C20H26N2O2. The Bertz CT molecular complexity index is 591. The first-order valence-corrected chi connectivity index (χ1v) is 9.02. The van der Waals surface area contributed by atoms with Gasteiger partial charge in [0.15, 0.2) is 0 Å². The summed E-state index contributed by atoms with van der Waals surface area (Å²) in [6, 6.07) is 9.48. The van der Waals surface area contributed by atoms with E-state index in [1.807, 2.05) is 35.2 Å². The zero-order valence-corrected chi connectivity index (χ0v) is 14.1. The van der Waals surface area contributed by atoms with Crippen molar-refractivity contribution in [2.45, 2.75) is 44.6 Å². The van der Waals surface area contributed by atoms with Gasteiger partial charge in [-0.2, -0.15) is 0 Å². The van der Waals surface area contributed by atoms with Crippen molar-refractivity contribution in [2.75, 3.05) is 13.1 Å². The SMILES string of the molecule is O=C(N[C@@H](Cc1ccccc1)C(=O)N1CCCC1)[C@@H]1CC=CCC1. The summed E-state index contributed by atoms with van der Waals surface area (Å²) < 4.78 is 0. The van der Waals surface area contributed by atoms with E-state index >= 15 is 0 Å². The minimum Gasteiger partial charge on any atom is -0.344 e. The lowest BCUT2D eigenvalue weighted by molar-refractivity contribution is -0.136. The van der Waals surface area contributed by atoms with Gasteiger partial charge in [0.2, 0.25) is 11.8 Å². The molecule has 0 radical (unpaired) electrons. The Labute approximate surface area is 143 Å². The van der Waals surface area contributed by atoms with Crippen LogP contribution >= 0.6 is 0 Å². The molecule has 2 amide bonds. The molecule has 2 atom stereocenters. The summed E-state index contributed by atoms with van der Waals surface area (Å²) in [5.41, 5.74) is 1.08. The topological polar surface area (TPSA) is 49.4 Å². The molecule has 1 aromatic carbocycles. The van der Waals surface area contributed by atoms with Gasteiger partial charge in [0, 0.05) is 25.4 Å². The van der Waals surface area contributed by atoms with Crippen LogP contribution in [0.25, 0.3) is 0 Å². The highest BCUT2D eigenvalue weighted by molar-refractivity contribution is 5.89. The summed E-state index contributed by atoms with van der Waals surface area (Å²) in [5.74, 6) is 0.0866. The molecule has 1 aliphatic carbocycles. The van der Waals surface area contributed by atoms with Crippen LogP contribution < -0.4 is 5.32 Å². The number of amides is 2. The maximum atomic E-state index is 12.9. The largest absolute Gasteiger partial charge is 0.344 e. The third kappa shape index (κ3) is 4.25. The summed E-state index contributed by atoms with van der Waals surface area (Å²) in [5, 5.41) is 3.05. The quantitative estimate of drug-likeness (QED) is 0.846. The van der Waals surface area contributed by atoms with Crippen LogP contribution in [0.4, 0.5) is 0 Å². The highest BCUT2D eigenvalue weighted by Crippen LogP contribution is 2.19. The zero-order chi connectivity index (χ0) is 16.8. The van der Waals surface area contributed by atoms with Gasteiger partial charge < -0.3 is 10.2 Å². The van der Waals surface area contributed by atoms with Crippen LogP contribution in [0.1, 0.15) is 37.7 Å². The number of likely N-dealkylation sites (tertiary alicyclic amines) is 1. The van der Waals surface area contributed by atoms with E-state index in [0.29, 0.717) is 6.42 Å². The van der Waals surface area contributed by atoms with Gasteiger partial charge in [-0.15, -0.1) is 0 Å². The maximum Gasteiger partial charge on any atom is 0.245 e. The summed E-state index contributed by atoms with van der Waals surface area (Å²) in [7, 11) is 0. The Balaban J connectivity index is 1.69. The second-order valence-corrected chi connectivity index (χ2v) is 6.76. The molecule has 0 spiro atoms. The molecule has 128 valence electrons. The molecule has 1 aliphatic heterocycles. The number of nitrogens with zero attached hydrogens (tertiary/aromatic N) is 1. The van der Waals surface area contributed by atoms with E-state index in [1.54, 1.807) is 0 Å². The first kappa shape index (κ1) is 16.7. The fourth-order valence-corrected chi connectivity index (χ4v) is 3.53. The van der Waals surface area contributed by atoms with Gasteiger partial charge in [-0.1, -0.05) is 42.5 Å². The van der Waals surface area contributed by atoms with Crippen molar-refractivity contribution in [1.29, 1.82) is 0 Å². The smallest absolute Gasteiger partial charge is 0.245 e. The average Bonchev–Trinajstić information content (AvgIpc) is 3.17. The average molecular weight is 326 g/mol. The van der Waals surface area contributed by atoms with Crippen LogP contribution in [-0.2, 0) is 16.0 Å². The van der Waals surface area contributed by atoms with Gasteiger partial charge >= 0.3 is 0 Å². The zero-order valence-electron chi connectivity index (χ0n) is 14.1. The van der Waals surface area contributed by atoms with Gasteiger partial charge in [-0.05, 0) is 37.7 Å². The number of hydrogen-bond acceptors (Lipinski definition) is 2. The molecule has 0 saturated carbocycles. The Morgan fingerprint density at radius 3 is 2.54 bits per heavy atom. The van der Waals surface area contributed by atoms with Gasteiger partial charge in [0.05, 0.1) is 0 Å². The second kappa shape index (κ2) is 8.13. The normalized spacial score (nSPS) is 21.5. The number of carbonyl (C=O) groups is 2. The van der Waals surface area contributed by atoms with E-state index in [9.17, 15) is 9.59 Å². The first-order chi connectivity index (χ1) is 11.7. The van der Waals surface area contributed by atoms with Gasteiger partial charge in [0.25, 0.3) is 0 Å². The van der Waals surface area contributed by atoms with E-state index in [4.69, 9.17) is 0 Å². The highest BCUT2D eigenvalue weighted by Gasteiger charge is 2.30. The number of benzene rings is 1. The third-order valence-electron chi connectivity index (χ3n) is 4.95. The minimum absolute atomic E-state index is 0.000323. The molecule has 3 rings (SSSR count). The molecule has 4 nitrogen and oxygen atoms in total. The lowest BCUT2D eigenvalue weighted by atomic mass is 9.93. The maximum absolute atomic E-state index is 12.9. The summed E-state index contributed by atoms with van der Waals surface area (Å²) in [6.45, 7) is 1.62. The molecule has 0 bridgehead atoms. The molecule has 1 heterocycles. The van der Waals surface area contributed by atoms with E-state index < -0.39 is 6.04 Å². The standard InChI is InChI=1S/C20H26N2O2/c23-19(17-11-5-2-6-12-17)21-18(15-16-9-3-1-4-10-16)20(24)22-13-7-8-14-22/h1-5,9-10,17-18H,6-8,11-15H2,(H,21,23)/t17-,18+/m1/s1. The highest BCUT2D eigenvalue weighted by atomic mass is 16.2. The minimum atomic E-state index is -0.455. The molecule has 24 heavy (non-hydrogen) atoms. The van der Waals surface area contributed by atoms with Crippen molar-refractivity contribution in [3.8, 4) is 0 Å². The van der Waals surface area contributed by atoms with Crippen molar-refractivity contribution in [3.05, 3.63) is 48.0 Å². The van der Waals surface area contributed by atoms with E-state index in [2.05, 4.69) is 17.5 Å². The van der Waals surface area contributed by atoms with Crippen molar-refractivity contribution in [2.24, 2.45) is 5.92 Å². The molecule has 1 aromatic rings. The van der Waals surface area contributed by atoms with Crippen LogP contribution in [0.5, 0.6) is 0 Å². The van der Waals surface area contributed by atoms with Crippen LogP contribution in [0.3, 0.4) is 0 Å². The van der Waals surface area contributed by atoms with Crippen LogP contribution in [0.2, 0.25) is 0 Å². The number of allylic oxidation sites excluding steroid dienone is 2. The fraction of sp³-hybridized carbons (Fsp3) is 0.500. The second-order valence-electron chi connectivity index (χ2n) is 6.76. The fourth-order valence-electron chi connectivity index (χ4n) is 3.53. The van der Waals surface area contributed by atoms with Gasteiger partial charge in [0.1, 0.15) is 6.04 Å². The summed E-state index contributed by atoms with van der Waals surface area (Å²) in [6.07, 6.45) is 9.48. The van der Waals surface area contributed by atoms with Gasteiger partial charge in [-0.25, -0.2) is 0 Å². The lowest BCUT2D eigenvalue weighted by Crippen LogP contribution is -2.50. The predicted octanol–water partition coefficient (Wildman–Crippen LogP) is 2.69. The van der Waals surface area contributed by atoms with Crippen molar-refractivity contribution >= 4 is 11.8 Å². The third-order valence-corrected chi connectivity index (χ3v) is 4.95. The van der Waals surface area contributed by atoms with Crippen molar-refractivity contribution in [3.63, 3.8) is 0 Å². The van der Waals surface area contributed by atoms with E-state index in [1.165, 1.54) is 0 Å². The van der Waals surface area contributed by atoms with Gasteiger partial charge in [-0.3, -0.25) is 9.59 Å². The van der Waals surface area contributed by atoms with Crippen molar-refractivity contribution < 1.29 is 9.59 Å². The van der Waals surface area contributed by atoms with E-state index in [-0.39, 0.29) is 17.7 Å². The Morgan fingerprint density at radius 2 is 1.88 bits per heavy atom. The first-order valence-electron chi connectivity index (χ1n) is 9.02. The molecule has 2 aliphatic rings. The monoisotopic (exact) mass is 326 g/mol. The Hall–Kier alpha value is -2.10.